The first-order valence-corrected chi connectivity index (χ1v) is 7.40. The molecular formula is C18H21N4+. The van der Waals surface area contributed by atoms with Crippen molar-refractivity contribution in [2.45, 2.75) is 20.8 Å². The van der Waals surface area contributed by atoms with Crippen LogP contribution in [-0.4, -0.2) is 14.5 Å². The fourth-order valence-electron chi connectivity index (χ4n) is 2.80. The standard InChI is InChI=1S/C18H21N4/c1-12-15(17-11-19-9-10-21(17)4)7-6-8-16(12)18-20-13(2)14(3)22(18)5/h6-11H,1-5H3/q+1. The van der Waals surface area contributed by atoms with Gasteiger partial charge < -0.3 is 4.57 Å². The Morgan fingerprint density at radius 1 is 1.09 bits per heavy atom. The predicted molar refractivity (Wildman–Crippen MR) is 87.3 cm³/mol. The Bertz CT molecular complexity index is 846. The highest BCUT2D eigenvalue weighted by molar-refractivity contribution is 5.73. The summed E-state index contributed by atoms with van der Waals surface area (Å²) >= 11 is 0. The van der Waals surface area contributed by atoms with E-state index < -0.39 is 0 Å². The summed E-state index contributed by atoms with van der Waals surface area (Å²) in [5, 5.41) is 0. The minimum atomic E-state index is 1.01. The van der Waals surface area contributed by atoms with Gasteiger partial charge in [-0.1, -0.05) is 12.1 Å². The zero-order chi connectivity index (χ0) is 15.9. The average Bonchev–Trinajstić information content (AvgIpc) is 2.76. The second-order valence-electron chi connectivity index (χ2n) is 5.72. The third-order valence-corrected chi connectivity index (χ3v) is 4.42. The Morgan fingerprint density at radius 3 is 2.45 bits per heavy atom. The molecule has 1 aromatic carbocycles. The third-order valence-electron chi connectivity index (χ3n) is 4.42. The SMILES string of the molecule is Cc1nc(-c2cccc(-c3cncc[n+]3C)c2C)n(C)c1C. The third kappa shape index (κ3) is 2.21. The van der Waals surface area contributed by atoms with E-state index in [1.807, 2.05) is 19.4 Å². The van der Waals surface area contributed by atoms with E-state index in [0.717, 1.165) is 17.2 Å². The van der Waals surface area contributed by atoms with Crippen LogP contribution in [0.4, 0.5) is 0 Å². The van der Waals surface area contributed by atoms with E-state index >= 15 is 0 Å². The molecule has 0 radical (unpaired) electrons. The summed E-state index contributed by atoms with van der Waals surface area (Å²) in [6.07, 6.45) is 5.67. The monoisotopic (exact) mass is 293 g/mol. The number of aryl methyl sites for hydroxylation is 2. The molecule has 0 aliphatic rings. The molecule has 3 aromatic rings. The maximum atomic E-state index is 4.74. The molecule has 0 N–H and O–H groups in total. The van der Waals surface area contributed by atoms with Crippen molar-refractivity contribution >= 4 is 0 Å². The quantitative estimate of drug-likeness (QED) is 0.681. The molecule has 2 heterocycles. The predicted octanol–water partition coefficient (Wildman–Crippen LogP) is 2.90. The van der Waals surface area contributed by atoms with Gasteiger partial charge in [-0.2, -0.15) is 4.57 Å². The van der Waals surface area contributed by atoms with Crippen LogP contribution in [0.5, 0.6) is 0 Å². The zero-order valence-electron chi connectivity index (χ0n) is 13.8. The molecule has 0 saturated heterocycles. The van der Waals surface area contributed by atoms with Crippen LogP contribution in [0.15, 0.2) is 36.8 Å². The van der Waals surface area contributed by atoms with E-state index in [-0.39, 0.29) is 0 Å². The number of hydrogen-bond donors (Lipinski definition) is 0. The average molecular weight is 293 g/mol. The molecule has 0 amide bonds. The summed E-state index contributed by atoms with van der Waals surface area (Å²) in [6, 6.07) is 6.36. The maximum absolute atomic E-state index is 4.74. The summed E-state index contributed by atoms with van der Waals surface area (Å²) in [4.78, 5) is 9.00. The highest BCUT2D eigenvalue weighted by atomic mass is 15.1. The van der Waals surface area contributed by atoms with Crippen molar-refractivity contribution in [1.82, 2.24) is 14.5 Å². The molecular weight excluding hydrogens is 272 g/mol. The van der Waals surface area contributed by atoms with Crippen molar-refractivity contribution in [3.8, 4) is 22.6 Å². The van der Waals surface area contributed by atoms with Crippen LogP contribution >= 0.6 is 0 Å². The summed E-state index contributed by atoms with van der Waals surface area (Å²) < 4.78 is 4.25. The first kappa shape index (κ1) is 14.4. The highest BCUT2D eigenvalue weighted by Gasteiger charge is 2.18. The Kier molecular flexibility index (Phi) is 3.53. The zero-order valence-corrected chi connectivity index (χ0v) is 13.8. The van der Waals surface area contributed by atoms with Crippen LogP contribution in [0.25, 0.3) is 22.6 Å². The van der Waals surface area contributed by atoms with E-state index in [4.69, 9.17) is 4.98 Å². The first-order chi connectivity index (χ1) is 10.5. The van der Waals surface area contributed by atoms with Crippen LogP contribution in [0.3, 0.4) is 0 Å². The maximum Gasteiger partial charge on any atom is 0.231 e. The highest BCUT2D eigenvalue weighted by Crippen LogP contribution is 2.30. The number of aromatic nitrogens is 4. The lowest BCUT2D eigenvalue weighted by Gasteiger charge is -2.10. The van der Waals surface area contributed by atoms with Gasteiger partial charge in [-0.15, -0.1) is 0 Å². The lowest BCUT2D eigenvalue weighted by molar-refractivity contribution is -0.660. The molecule has 0 fully saturated rings. The van der Waals surface area contributed by atoms with Crippen LogP contribution < -0.4 is 4.57 Å². The molecule has 0 aliphatic carbocycles. The van der Waals surface area contributed by atoms with Crippen molar-refractivity contribution in [3.05, 3.63) is 53.7 Å². The smallest absolute Gasteiger partial charge is 0.231 e. The number of hydrogen-bond acceptors (Lipinski definition) is 2. The summed E-state index contributed by atoms with van der Waals surface area (Å²) in [7, 11) is 4.11. The minimum Gasteiger partial charge on any atom is -0.331 e. The van der Waals surface area contributed by atoms with Crippen molar-refractivity contribution in [2.24, 2.45) is 14.1 Å². The largest absolute Gasteiger partial charge is 0.331 e. The van der Waals surface area contributed by atoms with Crippen molar-refractivity contribution < 1.29 is 4.57 Å². The van der Waals surface area contributed by atoms with E-state index in [1.54, 1.807) is 6.20 Å². The Hall–Kier alpha value is -2.49. The molecule has 0 atom stereocenters. The van der Waals surface area contributed by atoms with Gasteiger partial charge in [-0.3, -0.25) is 4.98 Å². The second-order valence-corrected chi connectivity index (χ2v) is 5.72. The molecule has 22 heavy (non-hydrogen) atoms. The first-order valence-electron chi connectivity index (χ1n) is 7.40. The van der Waals surface area contributed by atoms with Crippen LogP contribution in [0, 0.1) is 20.8 Å². The second kappa shape index (κ2) is 5.37. The van der Waals surface area contributed by atoms with E-state index in [2.05, 4.69) is 60.1 Å². The van der Waals surface area contributed by atoms with Gasteiger partial charge in [0, 0.05) is 18.3 Å². The van der Waals surface area contributed by atoms with Gasteiger partial charge in [-0.05, 0) is 32.4 Å². The van der Waals surface area contributed by atoms with Gasteiger partial charge in [0.05, 0.1) is 23.7 Å². The molecule has 0 aliphatic heterocycles. The number of imidazole rings is 1. The van der Waals surface area contributed by atoms with Gasteiger partial charge in [0.1, 0.15) is 12.9 Å². The van der Waals surface area contributed by atoms with E-state index in [0.29, 0.717) is 0 Å². The molecule has 4 nitrogen and oxygen atoms in total. The van der Waals surface area contributed by atoms with Gasteiger partial charge in [0.2, 0.25) is 5.69 Å². The van der Waals surface area contributed by atoms with Crippen molar-refractivity contribution in [1.29, 1.82) is 0 Å². The Balaban J connectivity index is 2.22. The number of rotatable bonds is 2. The van der Waals surface area contributed by atoms with Crippen molar-refractivity contribution in [3.63, 3.8) is 0 Å². The Morgan fingerprint density at radius 2 is 1.82 bits per heavy atom. The van der Waals surface area contributed by atoms with E-state index in [1.165, 1.54) is 22.4 Å². The lowest BCUT2D eigenvalue weighted by atomic mass is 9.99. The minimum absolute atomic E-state index is 1.01. The summed E-state index contributed by atoms with van der Waals surface area (Å²) in [5.74, 6) is 1.01. The molecule has 0 bridgehead atoms. The van der Waals surface area contributed by atoms with Crippen LogP contribution in [0.2, 0.25) is 0 Å². The molecule has 0 unspecified atom stereocenters. The van der Waals surface area contributed by atoms with Crippen LogP contribution in [0.1, 0.15) is 17.0 Å². The summed E-state index contributed by atoms with van der Waals surface area (Å²) in [6.45, 7) is 6.31. The lowest BCUT2D eigenvalue weighted by Crippen LogP contribution is -2.30. The molecule has 0 saturated carbocycles. The molecule has 2 aromatic heterocycles. The van der Waals surface area contributed by atoms with Crippen LogP contribution in [-0.2, 0) is 14.1 Å². The topological polar surface area (TPSA) is 34.6 Å². The van der Waals surface area contributed by atoms with E-state index in [9.17, 15) is 0 Å². The van der Waals surface area contributed by atoms with Gasteiger partial charge in [-0.25, -0.2) is 4.98 Å². The molecule has 112 valence electrons. The Labute approximate surface area is 131 Å². The number of benzene rings is 1. The molecule has 3 rings (SSSR count). The fraction of sp³-hybridized carbons (Fsp3) is 0.278. The normalized spacial score (nSPS) is 11.0. The van der Waals surface area contributed by atoms with Gasteiger partial charge in [0.15, 0.2) is 6.20 Å². The molecule has 4 heteroatoms. The van der Waals surface area contributed by atoms with Crippen molar-refractivity contribution in [2.75, 3.05) is 0 Å². The summed E-state index contributed by atoms with van der Waals surface area (Å²) in [5.41, 5.74) is 6.95. The number of nitrogens with zero attached hydrogens (tertiary/aromatic N) is 4. The van der Waals surface area contributed by atoms with Gasteiger partial charge in [0.25, 0.3) is 0 Å². The van der Waals surface area contributed by atoms with Gasteiger partial charge >= 0.3 is 0 Å². The fourth-order valence-corrected chi connectivity index (χ4v) is 2.80. The molecule has 0 spiro atoms.